The molecule has 22 heavy (non-hydrogen) atoms. The summed E-state index contributed by atoms with van der Waals surface area (Å²) < 4.78 is 26.7. The Balaban J connectivity index is 1.90. The van der Waals surface area contributed by atoms with Gasteiger partial charge in [-0.2, -0.15) is 11.8 Å². The highest BCUT2D eigenvalue weighted by molar-refractivity contribution is 7.99. The Labute approximate surface area is 135 Å². The van der Waals surface area contributed by atoms with E-state index < -0.39 is 5.82 Å². The van der Waals surface area contributed by atoms with Crippen molar-refractivity contribution < 1.29 is 8.78 Å². The molecule has 1 aliphatic rings. The van der Waals surface area contributed by atoms with E-state index in [1.54, 1.807) is 0 Å². The van der Waals surface area contributed by atoms with E-state index in [1.807, 2.05) is 18.7 Å². The average molecular weight is 327 g/mol. The number of aliphatic imine (C=N–C) groups is 1. The van der Waals surface area contributed by atoms with E-state index in [0.717, 1.165) is 36.8 Å². The second-order valence-electron chi connectivity index (χ2n) is 5.30. The van der Waals surface area contributed by atoms with Gasteiger partial charge in [0.15, 0.2) is 5.96 Å². The van der Waals surface area contributed by atoms with Crippen LogP contribution in [0.2, 0.25) is 0 Å². The van der Waals surface area contributed by atoms with Gasteiger partial charge in [-0.3, -0.25) is 4.99 Å². The standard InChI is InChI=1S/C16H23F2N3S/c1-2-19-16(21-14-4-3-9-22-11-14)20-8-7-12-10-13(17)5-6-15(12)18/h5-6,10,14H,2-4,7-9,11H2,1H3,(H2,19,20,21). The fourth-order valence-electron chi connectivity index (χ4n) is 2.39. The van der Waals surface area contributed by atoms with E-state index in [1.165, 1.54) is 18.2 Å². The van der Waals surface area contributed by atoms with Gasteiger partial charge in [0.2, 0.25) is 0 Å². The number of thioether (sulfide) groups is 1. The van der Waals surface area contributed by atoms with Crippen LogP contribution in [0.4, 0.5) is 8.78 Å². The zero-order valence-corrected chi connectivity index (χ0v) is 13.7. The first-order valence-electron chi connectivity index (χ1n) is 7.75. The van der Waals surface area contributed by atoms with Gasteiger partial charge in [-0.1, -0.05) is 0 Å². The summed E-state index contributed by atoms with van der Waals surface area (Å²) in [6, 6.07) is 3.97. The molecule has 1 atom stereocenters. The van der Waals surface area contributed by atoms with Gasteiger partial charge < -0.3 is 10.6 Å². The topological polar surface area (TPSA) is 36.4 Å². The third-order valence-electron chi connectivity index (χ3n) is 3.50. The van der Waals surface area contributed by atoms with Gasteiger partial charge in [-0.05, 0) is 55.7 Å². The Hall–Kier alpha value is -1.30. The monoisotopic (exact) mass is 327 g/mol. The van der Waals surface area contributed by atoms with Gasteiger partial charge in [-0.25, -0.2) is 8.78 Å². The molecule has 6 heteroatoms. The van der Waals surface area contributed by atoms with Crippen LogP contribution >= 0.6 is 11.8 Å². The fourth-order valence-corrected chi connectivity index (χ4v) is 3.46. The number of guanidine groups is 1. The maximum Gasteiger partial charge on any atom is 0.191 e. The van der Waals surface area contributed by atoms with E-state index in [-0.39, 0.29) is 5.82 Å². The number of hydrogen-bond donors (Lipinski definition) is 2. The Morgan fingerprint density at radius 1 is 1.41 bits per heavy atom. The third kappa shape index (κ3) is 5.48. The number of rotatable bonds is 5. The molecule has 1 aliphatic heterocycles. The lowest BCUT2D eigenvalue weighted by Crippen LogP contribution is -2.45. The molecule has 2 N–H and O–H groups in total. The maximum absolute atomic E-state index is 13.6. The third-order valence-corrected chi connectivity index (χ3v) is 4.72. The lowest BCUT2D eigenvalue weighted by molar-refractivity contribution is 0.579. The zero-order chi connectivity index (χ0) is 15.8. The molecule has 0 bridgehead atoms. The van der Waals surface area contributed by atoms with Crippen molar-refractivity contribution in [3.8, 4) is 0 Å². The zero-order valence-electron chi connectivity index (χ0n) is 12.9. The molecule has 1 saturated heterocycles. The van der Waals surface area contributed by atoms with Crippen LogP contribution in [-0.2, 0) is 6.42 Å². The molecule has 3 nitrogen and oxygen atoms in total. The Bertz CT molecular complexity index is 502. The number of hydrogen-bond acceptors (Lipinski definition) is 2. The SMILES string of the molecule is CCNC(=NCCc1cc(F)ccc1F)NC1CCCSC1. The van der Waals surface area contributed by atoms with Crippen molar-refractivity contribution in [1.82, 2.24) is 10.6 Å². The predicted molar refractivity (Wildman–Crippen MR) is 89.5 cm³/mol. The molecule has 0 saturated carbocycles. The average Bonchev–Trinajstić information content (AvgIpc) is 2.52. The van der Waals surface area contributed by atoms with Crippen molar-refractivity contribution in [1.29, 1.82) is 0 Å². The van der Waals surface area contributed by atoms with Crippen LogP contribution in [0, 0.1) is 11.6 Å². The van der Waals surface area contributed by atoms with Crippen LogP contribution in [0.3, 0.4) is 0 Å². The number of nitrogens with zero attached hydrogens (tertiary/aromatic N) is 1. The van der Waals surface area contributed by atoms with Crippen LogP contribution < -0.4 is 10.6 Å². The van der Waals surface area contributed by atoms with Crippen molar-refractivity contribution in [2.45, 2.75) is 32.2 Å². The molecule has 0 spiro atoms. The molecule has 2 rings (SSSR count). The second-order valence-corrected chi connectivity index (χ2v) is 6.45. The van der Waals surface area contributed by atoms with Gasteiger partial charge in [0.1, 0.15) is 11.6 Å². The molecule has 0 radical (unpaired) electrons. The van der Waals surface area contributed by atoms with E-state index in [9.17, 15) is 8.78 Å². The number of benzene rings is 1. The van der Waals surface area contributed by atoms with Gasteiger partial charge >= 0.3 is 0 Å². The minimum atomic E-state index is -0.412. The van der Waals surface area contributed by atoms with Gasteiger partial charge in [-0.15, -0.1) is 0 Å². The minimum absolute atomic E-state index is 0.368. The Morgan fingerprint density at radius 2 is 2.27 bits per heavy atom. The van der Waals surface area contributed by atoms with Crippen LogP contribution in [-0.4, -0.2) is 36.6 Å². The summed E-state index contributed by atoms with van der Waals surface area (Å²) in [5, 5.41) is 6.62. The lowest BCUT2D eigenvalue weighted by atomic mass is 10.1. The first-order chi connectivity index (χ1) is 10.7. The van der Waals surface area contributed by atoms with Gasteiger partial charge in [0.05, 0.1) is 0 Å². The van der Waals surface area contributed by atoms with Crippen molar-refractivity contribution >= 4 is 17.7 Å². The van der Waals surface area contributed by atoms with Crippen LogP contribution in [0.5, 0.6) is 0 Å². The van der Waals surface area contributed by atoms with Crippen LogP contribution in [0.15, 0.2) is 23.2 Å². The lowest BCUT2D eigenvalue weighted by Gasteiger charge is -2.24. The van der Waals surface area contributed by atoms with Gasteiger partial charge in [0.25, 0.3) is 0 Å². The molecule has 1 unspecified atom stereocenters. The molecule has 1 heterocycles. The maximum atomic E-state index is 13.6. The summed E-state index contributed by atoms with van der Waals surface area (Å²) in [6.45, 7) is 3.22. The van der Waals surface area contributed by atoms with Gasteiger partial charge in [0, 0.05) is 24.9 Å². The molecule has 1 aromatic rings. The summed E-state index contributed by atoms with van der Waals surface area (Å²) in [7, 11) is 0. The summed E-state index contributed by atoms with van der Waals surface area (Å²) in [4.78, 5) is 4.47. The number of halogens is 2. The molecular weight excluding hydrogens is 304 g/mol. The highest BCUT2D eigenvalue weighted by atomic mass is 32.2. The molecule has 122 valence electrons. The Kier molecular flexibility index (Phi) is 6.96. The van der Waals surface area contributed by atoms with Crippen LogP contribution in [0.1, 0.15) is 25.3 Å². The molecular formula is C16H23F2N3S. The molecule has 0 aliphatic carbocycles. The van der Waals surface area contributed by atoms with Crippen molar-refractivity contribution in [2.24, 2.45) is 4.99 Å². The molecule has 1 aromatic carbocycles. The second kappa shape index (κ2) is 8.98. The highest BCUT2D eigenvalue weighted by Gasteiger charge is 2.14. The van der Waals surface area contributed by atoms with E-state index in [0.29, 0.717) is 24.6 Å². The fraction of sp³-hybridized carbons (Fsp3) is 0.562. The quantitative estimate of drug-likeness (QED) is 0.645. The summed E-state index contributed by atoms with van der Waals surface area (Å²) in [5.74, 6) is 2.28. The van der Waals surface area contributed by atoms with Crippen molar-refractivity contribution in [3.05, 3.63) is 35.4 Å². The minimum Gasteiger partial charge on any atom is -0.357 e. The largest absolute Gasteiger partial charge is 0.357 e. The smallest absolute Gasteiger partial charge is 0.191 e. The van der Waals surface area contributed by atoms with E-state index in [2.05, 4.69) is 15.6 Å². The molecule has 1 fully saturated rings. The predicted octanol–water partition coefficient (Wildman–Crippen LogP) is 2.96. The first-order valence-corrected chi connectivity index (χ1v) is 8.91. The van der Waals surface area contributed by atoms with Crippen molar-refractivity contribution in [2.75, 3.05) is 24.6 Å². The Morgan fingerprint density at radius 3 is 3.00 bits per heavy atom. The van der Waals surface area contributed by atoms with E-state index in [4.69, 9.17) is 0 Å². The highest BCUT2D eigenvalue weighted by Crippen LogP contribution is 2.16. The van der Waals surface area contributed by atoms with Crippen molar-refractivity contribution in [3.63, 3.8) is 0 Å². The summed E-state index contributed by atoms with van der Waals surface area (Å²) >= 11 is 1.95. The first kappa shape index (κ1) is 17.1. The number of nitrogens with one attached hydrogen (secondary N) is 2. The summed E-state index contributed by atoms with van der Waals surface area (Å²) in [6.07, 6.45) is 2.76. The van der Waals surface area contributed by atoms with E-state index >= 15 is 0 Å². The summed E-state index contributed by atoms with van der Waals surface area (Å²) in [5.41, 5.74) is 0.368. The van der Waals surface area contributed by atoms with Crippen LogP contribution in [0.25, 0.3) is 0 Å². The normalized spacial score (nSPS) is 19.0. The molecule has 0 amide bonds. The molecule has 0 aromatic heterocycles.